The third-order valence-electron chi connectivity index (χ3n) is 5.64. The van der Waals surface area contributed by atoms with Gasteiger partial charge in [0.25, 0.3) is 0 Å². The summed E-state index contributed by atoms with van der Waals surface area (Å²) in [5, 5.41) is 2.52. The van der Waals surface area contributed by atoms with Crippen LogP contribution < -0.4 is 4.90 Å². The molecule has 0 unspecified atom stereocenters. The van der Waals surface area contributed by atoms with Crippen molar-refractivity contribution in [1.82, 2.24) is 0 Å². The van der Waals surface area contributed by atoms with Gasteiger partial charge >= 0.3 is 0 Å². The van der Waals surface area contributed by atoms with Gasteiger partial charge in [0, 0.05) is 18.4 Å². The second-order valence-electron chi connectivity index (χ2n) is 7.59. The predicted octanol–water partition coefficient (Wildman–Crippen LogP) is 7.94. The molecule has 0 N–H and O–H groups in total. The number of hydrogen-bond acceptors (Lipinski definition) is 1. The summed E-state index contributed by atoms with van der Waals surface area (Å²) in [6, 6.07) is 43.2. The molecule has 0 saturated heterocycles. The summed E-state index contributed by atoms with van der Waals surface area (Å²) in [7, 11) is 2.14. The number of hydrogen-bond donors (Lipinski definition) is 0. The minimum absolute atomic E-state index is 1.17. The van der Waals surface area contributed by atoms with Crippen LogP contribution in [0.4, 0.5) is 11.4 Å². The SMILES string of the molecule is CN(c1cc(-c2ccccc2)cc(-c2ccccc2)c1)c1ccc2ccccc2c1. The molecular weight excluding hydrogens is 362 g/mol. The lowest BCUT2D eigenvalue weighted by molar-refractivity contribution is 1.21. The Morgan fingerprint density at radius 1 is 0.400 bits per heavy atom. The lowest BCUT2D eigenvalue weighted by atomic mass is 9.97. The molecular formula is C29H23N. The van der Waals surface area contributed by atoms with Gasteiger partial charge in [-0.05, 0) is 63.4 Å². The third kappa shape index (κ3) is 3.58. The van der Waals surface area contributed by atoms with Crippen LogP contribution in [0.25, 0.3) is 33.0 Å². The van der Waals surface area contributed by atoms with Gasteiger partial charge in [0.05, 0.1) is 0 Å². The van der Waals surface area contributed by atoms with Gasteiger partial charge in [-0.25, -0.2) is 0 Å². The molecule has 0 aromatic heterocycles. The fraction of sp³-hybridized carbons (Fsp3) is 0.0345. The summed E-state index contributed by atoms with van der Waals surface area (Å²) in [6.45, 7) is 0. The Hall–Kier alpha value is -3.84. The van der Waals surface area contributed by atoms with Crippen LogP contribution >= 0.6 is 0 Å². The monoisotopic (exact) mass is 385 g/mol. The topological polar surface area (TPSA) is 3.24 Å². The molecule has 5 aromatic carbocycles. The number of anilines is 2. The van der Waals surface area contributed by atoms with E-state index in [0.29, 0.717) is 0 Å². The Balaban J connectivity index is 1.64. The molecule has 0 spiro atoms. The van der Waals surface area contributed by atoms with Gasteiger partial charge in [0.1, 0.15) is 0 Å². The molecule has 0 heterocycles. The van der Waals surface area contributed by atoms with Crippen molar-refractivity contribution in [2.24, 2.45) is 0 Å². The van der Waals surface area contributed by atoms with E-state index in [1.165, 1.54) is 44.4 Å². The number of rotatable bonds is 4. The second-order valence-corrected chi connectivity index (χ2v) is 7.59. The lowest BCUT2D eigenvalue weighted by Gasteiger charge is -2.22. The highest BCUT2D eigenvalue weighted by molar-refractivity contribution is 5.88. The molecule has 0 fully saturated rings. The van der Waals surface area contributed by atoms with Gasteiger partial charge in [-0.2, -0.15) is 0 Å². The van der Waals surface area contributed by atoms with Crippen molar-refractivity contribution in [2.75, 3.05) is 11.9 Å². The summed E-state index contributed by atoms with van der Waals surface area (Å²) in [4.78, 5) is 2.27. The Kier molecular flexibility index (Phi) is 4.78. The Morgan fingerprint density at radius 3 is 1.53 bits per heavy atom. The Morgan fingerprint density at radius 2 is 0.933 bits per heavy atom. The van der Waals surface area contributed by atoms with Gasteiger partial charge in [0.2, 0.25) is 0 Å². The smallest absolute Gasteiger partial charge is 0.0420 e. The molecule has 5 aromatic rings. The van der Waals surface area contributed by atoms with E-state index in [4.69, 9.17) is 0 Å². The van der Waals surface area contributed by atoms with Gasteiger partial charge in [-0.3, -0.25) is 0 Å². The van der Waals surface area contributed by atoms with Crippen LogP contribution in [0.15, 0.2) is 121 Å². The first-order valence-corrected chi connectivity index (χ1v) is 10.3. The third-order valence-corrected chi connectivity index (χ3v) is 5.64. The van der Waals surface area contributed by atoms with Crippen LogP contribution in [0.1, 0.15) is 0 Å². The zero-order valence-corrected chi connectivity index (χ0v) is 17.0. The molecule has 0 atom stereocenters. The zero-order chi connectivity index (χ0) is 20.3. The first-order valence-electron chi connectivity index (χ1n) is 10.3. The summed E-state index contributed by atoms with van der Waals surface area (Å²) < 4.78 is 0. The largest absolute Gasteiger partial charge is 0.345 e. The van der Waals surface area contributed by atoms with Crippen molar-refractivity contribution in [2.45, 2.75) is 0 Å². The first kappa shape index (κ1) is 18.2. The van der Waals surface area contributed by atoms with E-state index >= 15 is 0 Å². The summed E-state index contributed by atoms with van der Waals surface area (Å²) in [5.74, 6) is 0. The molecule has 0 aliphatic carbocycles. The molecule has 0 saturated carbocycles. The van der Waals surface area contributed by atoms with Crippen LogP contribution in [0.5, 0.6) is 0 Å². The summed E-state index contributed by atoms with van der Waals surface area (Å²) >= 11 is 0. The molecule has 0 aliphatic heterocycles. The van der Waals surface area contributed by atoms with Gasteiger partial charge < -0.3 is 4.90 Å². The second kappa shape index (κ2) is 7.88. The van der Waals surface area contributed by atoms with Crippen molar-refractivity contribution in [3.8, 4) is 22.3 Å². The molecule has 0 bridgehead atoms. The minimum atomic E-state index is 1.17. The maximum atomic E-state index is 2.28. The van der Waals surface area contributed by atoms with Crippen LogP contribution in [-0.4, -0.2) is 7.05 Å². The van der Waals surface area contributed by atoms with Crippen LogP contribution in [0, 0.1) is 0 Å². The van der Waals surface area contributed by atoms with E-state index in [0.717, 1.165) is 0 Å². The van der Waals surface area contributed by atoms with E-state index in [1.54, 1.807) is 0 Å². The van der Waals surface area contributed by atoms with E-state index in [2.05, 4.69) is 133 Å². The quantitative estimate of drug-likeness (QED) is 0.303. The molecule has 0 aliphatic rings. The Labute approximate surface area is 177 Å². The van der Waals surface area contributed by atoms with Crippen molar-refractivity contribution >= 4 is 22.1 Å². The van der Waals surface area contributed by atoms with Crippen molar-refractivity contribution < 1.29 is 0 Å². The highest BCUT2D eigenvalue weighted by atomic mass is 15.1. The lowest BCUT2D eigenvalue weighted by Crippen LogP contribution is -2.09. The summed E-state index contributed by atoms with van der Waals surface area (Å²) in [5.41, 5.74) is 7.24. The maximum absolute atomic E-state index is 2.28. The highest BCUT2D eigenvalue weighted by Crippen LogP contribution is 2.35. The highest BCUT2D eigenvalue weighted by Gasteiger charge is 2.10. The van der Waals surface area contributed by atoms with E-state index in [9.17, 15) is 0 Å². The molecule has 5 rings (SSSR count). The molecule has 144 valence electrons. The van der Waals surface area contributed by atoms with E-state index < -0.39 is 0 Å². The van der Waals surface area contributed by atoms with Gasteiger partial charge in [-0.1, -0.05) is 91.0 Å². The molecule has 0 radical (unpaired) electrons. The van der Waals surface area contributed by atoms with Crippen molar-refractivity contribution in [3.05, 3.63) is 121 Å². The predicted molar refractivity (Wildman–Crippen MR) is 129 cm³/mol. The average molecular weight is 386 g/mol. The van der Waals surface area contributed by atoms with Crippen LogP contribution in [0.2, 0.25) is 0 Å². The fourth-order valence-corrected chi connectivity index (χ4v) is 3.93. The maximum Gasteiger partial charge on any atom is 0.0420 e. The van der Waals surface area contributed by atoms with E-state index in [1.807, 2.05) is 0 Å². The molecule has 0 amide bonds. The van der Waals surface area contributed by atoms with Crippen LogP contribution in [0.3, 0.4) is 0 Å². The fourth-order valence-electron chi connectivity index (χ4n) is 3.93. The van der Waals surface area contributed by atoms with E-state index in [-0.39, 0.29) is 0 Å². The van der Waals surface area contributed by atoms with Gasteiger partial charge in [0.15, 0.2) is 0 Å². The molecule has 30 heavy (non-hydrogen) atoms. The standard InChI is InChI=1S/C29H23N/c1-30(28-17-16-24-14-8-9-15-25(24)19-28)29-20-26(22-10-4-2-5-11-22)18-27(21-29)23-12-6-3-7-13-23/h2-21H,1H3. The zero-order valence-electron chi connectivity index (χ0n) is 17.0. The minimum Gasteiger partial charge on any atom is -0.345 e. The number of fused-ring (bicyclic) bond motifs is 1. The molecule has 1 heteroatoms. The normalized spacial score (nSPS) is 10.8. The molecule has 1 nitrogen and oxygen atoms in total. The first-order chi connectivity index (χ1) is 14.8. The van der Waals surface area contributed by atoms with Crippen molar-refractivity contribution in [3.63, 3.8) is 0 Å². The number of nitrogens with zero attached hydrogens (tertiary/aromatic N) is 1. The van der Waals surface area contributed by atoms with Crippen LogP contribution in [-0.2, 0) is 0 Å². The average Bonchev–Trinajstić information content (AvgIpc) is 2.84. The Bertz CT molecular complexity index is 1230. The van der Waals surface area contributed by atoms with Crippen molar-refractivity contribution in [1.29, 1.82) is 0 Å². The summed E-state index contributed by atoms with van der Waals surface area (Å²) in [6.07, 6.45) is 0. The number of benzene rings is 5. The van der Waals surface area contributed by atoms with Gasteiger partial charge in [-0.15, -0.1) is 0 Å².